The molecule has 0 saturated heterocycles. The second-order valence-electron chi connectivity index (χ2n) is 6.51. The zero-order chi connectivity index (χ0) is 21.3. The number of hydrogen-bond acceptors (Lipinski definition) is 4. The first-order valence-corrected chi connectivity index (χ1v) is 9.58. The Morgan fingerprint density at radius 1 is 0.967 bits per heavy atom. The monoisotopic (exact) mass is 407 g/mol. The third-order valence-electron chi connectivity index (χ3n) is 4.27. The quantitative estimate of drug-likeness (QED) is 0.550. The van der Waals surface area contributed by atoms with E-state index in [1.165, 1.54) is 18.2 Å². The van der Waals surface area contributed by atoms with Crippen LogP contribution >= 0.6 is 0 Å². The van der Waals surface area contributed by atoms with Gasteiger partial charge in [-0.15, -0.1) is 0 Å². The van der Waals surface area contributed by atoms with Crippen molar-refractivity contribution in [2.24, 2.45) is 0 Å². The van der Waals surface area contributed by atoms with E-state index in [1.807, 2.05) is 6.92 Å². The van der Waals surface area contributed by atoms with Crippen LogP contribution in [-0.4, -0.2) is 18.5 Å². The maximum Gasteiger partial charge on any atom is 0.311 e. The lowest BCUT2D eigenvalue weighted by Crippen LogP contribution is -2.26. The van der Waals surface area contributed by atoms with Gasteiger partial charge in [-0.2, -0.15) is 0 Å². The van der Waals surface area contributed by atoms with Gasteiger partial charge in [0.2, 0.25) is 6.10 Å². The molecule has 3 aromatic rings. The summed E-state index contributed by atoms with van der Waals surface area (Å²) in [5, 5.41) is 2.77. The summed E-state index contributed by atoms with van der Waals surface area (Å²) in [6.07, 6.45) is -1.31. The number of rotatable bonds is 8. The van der Waals surface area contributed by atoms with Crippen molar-refractivity contribution in [1.29, 1.82) is 0 Å². The zero-order valence-electron chi connectivity index (χ0n) is 16.5. The molecule has 6 heteroatoms. The Kier molecular flexibility index (Phi) is 7.16. The normalized spacial score (nSPS) is 11.4. The SMILES string of the molecule is CCOc1ccccc1NC(=O)C(OC(=O)Cc1cccc(F)c1)c1ccccc1. The zero-order valence-corrected chi connectivity index (χ0v) is 16.5. The van der Waals surface area contributed by atoms with Crippen molar-refractivity contribution in [3.63, 3.8) is 0 Å². The number of anilines is 1. The van der Waals surface area contributed by atoms with Crippen LogP contribution in [-0.2, 0) is 20.7 Å². The van der Waals surface area contributed by atoms with Gasteiger partial charge >= 0.3 is 5.97 Å². The summed E-state index contributed by atoms with van der Waals surface area (Å²) >= 11 is 0. The fourth-order valence-corrected chi connectivity index (χ4v) is 2.94. The molecule has 0 fully saturated rings. The van der Waals surface area contributed by atoms with E-state index in [2.05, 4.69) is 5.32 Å². The van der Waals surface area contributed by atoms with Crippen molar-refractivity contribution >= 4 is 17.6 Å². The smallest absolute Gasteiger partial charge is 0.311 e. The van der Waals surface area contributed by atoms with Gasteiger partial charge in [-0.3, -0.25) is 9.59 Å². The van der Waals surface area contributed by atoms with E-state index in [4.69, 9.17) is 9.47 Å². The lowest BCUT2D eigenvalue weighted by Gasteiger charge is -2.19. The Bertz CT molecular complexity index is 1010. The van der Waals surface area contributed by atoms with Crippen LogP contribution < -0.4 is 10.1 Å². The van der Waals surface area contributed by atoms with Gasteiger partial charge in [-0.25, -0.2) is 4.39 Å². The number of hydrogen-bond donors (Lipinski definition) is 1. The average Bonchev–Trinajstić information content (AvgIpc) is 2.74. The third kappa shape index (κ3) is 5.67. The van der Waals surface area contributed by atoms with Crippen LogP contribution in [0.4, 0.5) is 10.1 Å². The molecule has 1 amide bonds. The summed E-state index contributed by atoms with van der Waals surface area (Å²) < 4.78 is 24.4. The van der Waals surface area contributed by atoms with Crippen LogP contribution in [0.25, 0.3) is 0 Å². The molecule has 0 spiro atoms. The second kappa shape index (κ2) is 10.2. The molecule has 0 aliphatic rings. The summed E-state index contributed by atoms with van der Waals surface area (Å²) in [6.45, 7) is 2.29. The van der Waals surface area contributed by atoms with Gasteiger partial charge in [0.1, 0.15) is 11.6 Å². The first-order chi connectivity index (χ1) is 14.6. The molecule has 0 aliphatic heterocycles. The molecule has 154 valence electrons. The second-order valence-corrected chi connectivity index (χ2v) is 6.51. The molecule has 1 atom stereocenters. The van der Waals surface area contributed by atoms with Crippen LogP contribution in [0.3, 0.4) is 0 Å². The minimum absolute atomic E-state index is 0.149. The van der Waals surface area contributed by atoms with Crippen LogP contribution in [0, 0.1) is 5.82 Å². The largest absolute Gasteiger partial charge is 0.492 e. The van der Waals surface area contributed by atoms with Crippen molar-refractivity contribution in [2.75, 3.05) is 11.9 Å². The molecule has 0 heterocycles. The minimum atomic E-state index is -1.16. The van der Waals surface area contributed by atoms with Gasteiger partial charge in [0.25, 0.3) is 5.91 Å². The lowest BCUT2D eigenvalue weighted by molar-refractivity contribution is -0.154. The lowest BCUT2D eigenvalue weighted by atomic mass is 10.1. The molecule has 3 aromatic carbocycles. The van der Waals surface area contributed by atoms with Gasteiger partial charge in [-0.1, -0.05) is 54.6 Å². The highest BCUT2D eigenvalue weighted by atomic mass is 19.1. The number of nitrogens with one attached hydrogen (secondary N) is 1. The first kappa shape index (κ1) is 21.0. The Labute approximate surface area is 174 Å². The highest BCUT2D eigenvalue weighted by Crippen LogP contribution is 2.27. The van der Waals surface area contributed by atoms with E-state index in [1.54, 1.807) is 60.7 Å². The number of benzene rings is 3. The maximum atomic E-state index is 13.4. The number of esters is 1. The van der Waals surface area contributed by atoms with E-state index in [-0.39, 0.29) is 6.42 Å². The Morgan fingerprint density at radius 3 is 2.43 bits per heavy atom. The van der Waals surface area contributed by atoms with Gasteiger partial charge in [0.05, 0.1) is 18.7 Å². The molecule has 0 radical (unpaired) electrons. The number of halogens is 1. The molecular formula is C24H22FNO4. The van der Waals surface area contributed by atoms with Crippen molar-refractivity contribution in [3.05, 3.63) is 95.8 Å². The molecule has 1 N–H and O–H groups in total. The maximum absolute atomic E-state index is 13.4. The minimum Gasteiger partial charge on any atom is -0.492 e. The van der Waals surface area contributed by atoms with Crippen molar-refractivity contribution in [3.8, 4) is 5.75 Å². The molecule has 0 bridgehead atoms. The van der Waals surface area contributed by atoms with Gasteiger partial charge < -0.3 is 14.8 Å². The van der Waals surface area contributed by atoms with E-state index in [9.17, 15) is 14.0 Å². The Morgan fingerprint density at radius 2 is 1.70 bits per heavy atom. The van der Waals surface area contributed by atoms with Gasteiger partial charge in [-0.05, 0) is 36.8 Å². The fraction of sp³-hybridized carbons (Fsp3) is 0.167. The number of amides is 1. The van der Waals surface area contributed by atoms with E-state index < -0.39 is 23.8 Å². The molecule has 5 nitrogen and oxygen atoms in total. The van der Waals surface area contributed by atoms with Gasteiger partial charge in [0, 0.05) is 5.56 Å². The molecule has 30 heavy (non-hydrogen) atoms. The van der Waals surface area contributed by atoms with Crippen LogP contribution in [0.15, 0.2) is 78.9 Å². The number of ether oxygens (including phenoxy) is 2. The molecule has 0 saturated carbocycles. The van der Waals surface area contributed by atoms with Crippen molar-refractivity contribution < 1.29 is 23.5 Å². The van der Waals surface area contributed by atoms with Gasteiger partial charge in [0.15, 0.2) is 0 Å². The summed E-state index contributed by atoms with van der Waals surface area (Å²) in [4.78, 5) is 25.5. The van der Waals surface area contributed by atoms with E-state index >= 15 is 0 Å². The third-order valence-corrected chi connectivity index (χ3v) is 4.27. The molecule has 3 rings (SSSR count). The topological polar surface area (TPSA) is 64.6 Å². The molecule has 1 unspecified atom stereocenters. The van der Waals surface area contributed by atoms with Crippen molar-refractivity contribution in [2.45, 2.75) is 19.4 Å². The van der Waals surface area contributed by atoms with E-state index in [0.717, 1.165) is 0 Å². The first-order valence-electron chi connectivity index (χ1n) is 9.58. The Balaban J connectivity index is 1.79. The highest BCUT2D eigenvalue weighted by molar-refractivity contribution is 5.97. The summed E-state index contributed by atoms with van der Waals surface area (Å²) in [7, 11) is 0. The predicted octanol–water partition coefficient (Wildman–Crippen LogP) is 4.69. The fourth-order valence-electron chi connectivity index (χ4n) is 2.94. The molecule has 0 aliphatic carbocycles. The number of carbonyl (C=O) groups excluding carboxylic acids is 2. The summed E-state index contributed by atoms with van der Waals surface area (Å²) in [5.74, 6) is -1.07. The standard InChI is InChI=1S/C24H22FNO4/c1-2-29-21-14-7-6-13-20(21)26-24(28)23(18-10-4-3-5-11-18)30-22(27)16-17-9-8-12-19(25)15-17/h3-15,23H,2,16H2,1H3,(H,26,28). The predicted molar refractivity (Wildman–Crippen MR) is 112 cm³/mol. The number of para-hydroxylation sites is 2. The number of carbonyl (C=O) groups is 2. The molecule has 0 aromatic heterocycles. The van der Waals surface area contributed by atoms with Crippen LogP contribution in [0.2, 0.25) is 0 Å². The average molecular weight is 407 g/mol. The molecular weight excluding hydrogens is 385 g/mol. The highest BCUT2D eigenvalue weighted by Gasteiger charge is 2.26. The van der Waals surface area contributed by atoms with Crippen LogP contribution in [0.1, 0.15) is 24.2 Å². The van der Waals surface area contributed by atoms with E-state index in [0.29, 0.717) is 29.2 Å². The Hall–Kier alpha value is -3.67. The van der Waals surface area contributed by atoms with Crippen LogP contribution in [0.5, 0.6) is 5.75 Å². The summed E-state index contributed by atoms with van der Waals surface area (Å²) in [5.41, 5.74) is 1.47. The summed E-state index contributed by atoms with van der Waals surface area (Å²) in [6, 6.07) is 21.4. The van der Waals surface area contributed by atoms with Crippen molar-refractivity contribution in [1.82, 2.24) is 0 Å².